The predicted octanol–water partition coefficient (Wildman–Crippen LogP) is 3.03. The van der Waals surface area contributed by atoms with Crippen LogP contribution in [0.25, 0.3) is 22.4 Å². The molecule has 0 fully saturated rings. The lowest BCUT2D eigenvalue weighted by atomic mass is 10.2. The zero-order valence-electron chi connectivity index (χ0n) is 8.07. The Balaban J connectivity index is 2.21. The lowest BCUT2D eigenvalue weighted by Gasteiger charge is -1.92. The van der Waals surface area contributed by atoms with Crippen molar-refractivity contribution < 1.29 is 0 Å². The highest BCUT2D eigenvalue weighted by Gasteiger charge is 2.02. The molecule has 2 heteroatoms. The number of H-pyrrole nitrogens is 1. The van der Waals surface area contributed by atoms with Crippen LogP contribution in [0, 0.1) is 6.07 Å². The van der Waals surface area contributed by atoms with Gasteiger partial charge in [-0.25, -0.2) is 4.98 Å². The fraction of sp³-hybridized carbons (Fsp3) is 0. The zero-order valence-corrected chi connectivity index (χ0v) is 8.07. The number of fused-ring (bicyclic) bond motifs is 1. The molecule has 1 N–H and O–H groups in total. The summed E-state index contributed by atoms with van der Waals surface area (Å²) in [5, 5.41) is 0. The lowest BCUT2D eigenvalue weighted by Crippen LogP contribution is -1.77. The van der Waals surface area contributed by atoms with Crippen LogP contribution in [-0.2, 0) is 0 Å². The van der Waals surface area contributed by atoms with E-state index in [0.717, 1.165) is 22.4 Å². The maximum Gasteiger partial charge on any atom is 0.138 e. The maximum atomic E-state index is 4.51. The number of imidazole rings is 1. The molecule has 0 aliphatic heterocycles. The predicted molar refractivity (Wildman–Crippen MR) is 60.4 cm³/mol. The van der Waals surface area contributed by atoms with E-state index in [4.69, 9.17) is 0 Å². The van der Waals surface area contributed by atoms with Crippen molar-refractivity contribution in [1.82, 2.24) is 9.97 Å². The molecule has 0 aliphatic carbocycles. The van der Waals surface area contributed by atoms with Crippen LogP contribution in [0.5, 0.6) is 0 Å². The van der Waals surface area contributed by atoms with Gasteiger partial charge >= 0.3 is 0 Å². The molecule has 0 unspecified atom stereocenters. The molecule has 3 aromatic rings. The molecule has 2 nitrogen and oxygen atoms in total. The Bertz CT molecular complexity index is 549. The van der Waals surface area contributed by atoms with Gasteiger partial charge in [0.25, 0.3) is 0 Å². The summed E-state index contributed by atoms with van der Waals surface area (Å²) in [7, 11) is 0. The molecule has 3 rings (SSSR count). The molecule has 0 bridgehead atoms. The summed E-state index contributed by atoms with van der Waals surface area (Å²) >= 11 is 0. The van der Waals surface area contributed by atoms with Gasteiger partial charge in [0.15, 0.2) is 0 Å². The molecular formula is C13H9N2. The monoisotopic (exact) mass is 193 g/mol. The van der Waals surface area contributed by atoms with E-state index < -0.39 is 0 Å². The second-order valence-corrected chi connectivity index (χ2v) is 3.39. The van der Waals surface area contributed by atoms with Crippen LogP contribution < -0.4 is 0 Å². The summed E-state index contributed by atoms with van der Waals surface area (Å²) in [6.45, 7) is 0. The Labute approximate surface area is 87.6 Å². The van der Waals surface area contributed by atoms with Gasteiger partial charge in [0.1, 0.15) is 5.82 Å². The van der Waals surface area contributed by atoms with Crippen molar-refractivity contribution in [3.63, 3.8) is 0 Å². The number of nitrogens with one attached hydrogen (secondary N) is 1. The average molecular weight is 193 g/mol. The highest BCUT2D eigenvalue weighted by molar-refractivity contribution is 5.79. The molecule has 15 heavy (non-hydrogen) atoms. The van der Waals surface area contributed by atoms with Gasteiger partial charge in [-0.2, -0.15) is 0 Å². The summed E-state index contributed by atoms with van der Waals surface area (Å²) in [5.41, 5.74) is 3.16. The quantitative estimate of drug-likeness (QED) is 0.632. The van der Waals surface area contributed by atoms with Gasteiger partial charge in [0.05, 0.1) is 11.0 Å². The summed E-state index contributed by atoms with van der Waals surface area (Å²) in [4.78, 5) is 7.80. The fourth-order valence-corrected chi connectivity index (χ4v) is 1.63. The van der Waals surface area contributed by atoms with Crippen LogP contribution in [0.2, 0.25) is 0 Å². The van der Waals surface area contributed by atoms with E-state index in [0.29, 0.717) is 0 Å². The molecule has 0 saturated carbocycles. The minimum absolute atomic E-state index is 0.908. The summed E-state index contributed by atoms with van der Waals surface area (Å²) in [6.07, 6.45) is 0. The summed E-state index contributed by atoms with van der Waals surface area (Å²) < 4.78 is 0. The number of nitrogens with zero attached hydrogens (tertiary/aromatic N) is 1. The Hall–Kier alpha value is -2.09. The van der Waals surface area contributed by atoms with Gasteiger partial charge in [0, 0.05) is 5.56 Å². The molecule has 1 heterocycles. The molecule has 1 radical (unpaired) electrons. The van der Waals surface area contributed by atoms with E-state index in [9.17, 15) is 0 Å². The highest BCUT2D eigenvalue weighted by atomic mass is 14.9. The van der Waals surface area contributed by atoms with Crippen molar-refractivity contribution in [3.05, 3.63) is 54.6 Å². The molecule has 0 spiro atoms. The number of aromatic nitrogens is 2. The van der Waals surface area contributed by atoms with E-state index in [1.54, 1.807) is 0 Å². The van der Waals surface area contributed by atoms with Crippen molar-refractivity contribution in [2.75, 3.05) is 0 Å². The second kappa shape index (κ2) is 3.24. The van der Waals surface area contributed by atoms with E-state index in [-0.39, 0.29) is 0 Å². The minimum Gasteiger partial charge on any atom is -0.338 e. The van der Waals surface area contributed by atoms with E-state index in [2.05, 4.69) is 16.0 Å². The molecule has 1 aromatic heterocycles. The molecule has 0 amide bonds. The first kappa shape index (κ1) is 8.24. The van der Waals surface area contributed by atoms with Crippen molar-refractivity contribution in [2.24, 2.45) is 0 Å². The van der Waals surface area contributed by atoms with E-state index in [1.807, 2.05) is 48.5 Å². The summed E-state index contributed by atoms with van der Waals surface area (Å²) in [5.74, 6) is 0.908. The average Bonchev–Trinajstić information content (AvgIpc) is 2.74. The topological polar surface area (TPSA) is 28.7 Å². The fourth-order valence-electron chi connectivity index (χ4n) is 1.63. The number of hydrogen-bond donors (Lipinski definition) is 1. The van der Waals surface area contributed by atoms with Crippen molar-refractivity contribution in [3.8, 4) is 11.4 Å². The second-order valence-electron chi connectivity index (χ2n) is 3.39. The van der Waals surface area contributed by atoms with Crippen LogP contribution in [-0.4, -0.2) is 9.97 Å². The first-order valence-electron chi connectivity index (χ1n) is 4.85. The Kier molecular flexibility index (Phi) is 1.78. The van der Waals surface area contributed by atoms with Crippen LogP contribution >= 0.6 is 0 Å². The lowest BCUT2D eigenvalue weighted by molar-refractivity contribution is 1.34. The Morgan fingerprint density at radius 3 is 2.60 bits per heavy atom. The standard InChI is InChI=1S/C13H9N2/c1-2-6-10(7-3-1)13-14-11-8-4-5-9-12(11)15-13/h2-9H,(H,14,15). The molecule has 2 aromatic carbocycles. The van der Waals surface area contributed by atoms with Gasteiger partial charge in [-0.3, -0.25) is 0 Å². The number of rotatable bonds is 1. The third kappa shape index (κ3) is 1.40. The van der Waals surface area contributed by atoms with Gasteiger partial charge in [-0.05, 0) is 18.2 Å². The van der Waals surface area contributed by atoms with Crippen molar-refractivity contribution in [2.45, 2.75) is 0 Å². The Morgan fingerprint density at radius 1 is 1.00 bits per heavy atom. The highest BCUT2D eigenvalue weighted by Crippen LogP contribution is 2.19. The normalized spacial score (nSPS) is 10.7. The zero-order chi connectivity index (χ0) is 10.1. The van der Waals surface area contributed by atoms with Crippen LogP contribution in [0.15, 0.2) is 48.5 Å². The molecule has 0 atom stereocenters. The molecule has 71 valence electrons. The maximum absolute atomic E-state index is 4.51. The van der Waals surface area contributed by atoms with Crippen LogP contribution in [0.3, 0.4) is 0 Å². The van der Waals surface area contributed by atoms with E-state index in [1.165, 1.54) is 0 Å². The first-order chi connectivity index (χ1) is 7.43. The molecule has 0 aliphatic rings. The SMILES string of the molecule is [c]1ccc(-c2nc3ccccc3[nH]2)cc1. The van der Waals surface area contributed by atoms with Gasteiger partial charge < -0.3 is 4.98 Å². The van der Waals surface area contributed by atoms with Gasteiger partial charge in [0.2, 0.25) is 0 Å². The largest absolute Gasteiger partial charge is 0.338 e. The number of benzene rings is 2. The third-order valence-corrected chi connectivity index (χ3v) is 2.38. The smallest absolute Gasteiger partial charge is 0.138 e. The first-order valence-corrected chi connectivity index (χ1v) is 4.85. The van der Waals surface area contributed by atoms with Gasteiger partial charge in [-0.15, -0.1) is 0 Å². The summed E-state index contributed by atoms with van der Waals surface area (Å²) in [6, 6.07) is 18.8. The van der Waals surface area contributed by atoms with E-state index >= 15 is 0 Å². The number of aromatic amines is 1. The molecule has 0 saturated heterocycles. The van der Waals surface area contributed by atoms with Crippen LogP contribution in [0.1, 0.15) is 0 Å². The Morgan fingerprint density at radius 2 is 1.80 bits per heavy atom. The number of hydrogen-bond acceptors (Lipinski definition) is 1. The van der Waals surface area contributed by atoms with Crippen molar-refractivity contribution >= 4 is 11.0 Å². The third-order valence-electron chi connectivity index (χ3n) is 2.38. The van der Waals surface area contributed by atoms with Gasteiger partial charge in [-0.1, -0.05) is 36.4 Å². The van der Waals surface area contributed by atoms with Crippen molar-refractivity contribution in [1.29, 1.82) is 0 Å². The van der Waals surface area contributed by atoms with Crippen LogP contribution in [0.4, 0.5) is 0 Å². The molecular weight excluding hydrogens is 184 g/mol. The number of para-hydroxylation sites is 2. The minimum atomic E-state index is 0.908.